The third-order valence-corrected chi connectivity index (χ3v) is 6.10. The molecule has 0 unspecified atom stereocenters. The van der Waals surface area contributed by atoms with Gasteiger partial charge in [0.1, 0.15) is 0 Å². The summed E-state index contributed by atoms with van der Waals surface area (Å²) in [7, 11) is -3.79. The number of fused-ring (bicyclic) bond motifs is 1. The Kier molecular flexibility index (Phi) is 4.41. The van der Waals surface area contributed by atoms with E-state index in [1.807, 2.05) is 18.2 Å². The fraction of sp³-hybridized carbons (Fsp3) is 0.200. The van der Waals surface area contributed by atoms with E-state index in [4.69, 9.17) is 0 Å². The highest BCUT2D eigenvalue weighted by Gasteiger charge is 2.30. The van der Waals surface area contributed by atoms with E-state index >= 15 is 0 Å². The van der Waals surface area contributed by atoms with Crippen LogP contribution in [0.2, 0.25) is 0 Å². The zero-order chi connectivity index (χ0) is 19.0. The largest absolute Gasteiger partial charge is 0.322 e. The Bertz CT molecular complexity index is 1180. The summed E-state index contributed by atoms with van der Waals surface area (Å²) in [5, 5.41) is 0.828. The minimum absolute atomic E-state index is 0.0621. The molecule has 1 aliphatic carbocycles. The van der Waals surface area contributed by atoms with E-state index in [0.717, 1.165) is 18.2 Å². The van der Waals surface area contributed by atoms with Gasteiger partial charge in [-0.15, -0.1) is 0 Å². The number of hydrogen-bond acceptors (Lipinski definition) is 4. The maximum atomic E-state index is 12.5. The molecule has 4 rings (SSSR count). The second-order valence-electron chi connectivity index (χ2n) is 6.70. The SMILES string of the molecule is O=C(c1ccc(S(=O)(=O)NCc2cc3ccccc3[nH]c2=O)cc1)C1CC1. The van der Waals surface area contributed by atoms with E-state index in [2.05, 4.69) is 9.71 Å². The maximum Gasteiger partial charge on any atom is 0.252 e. The van der Waals surface area contributed by atoms with Crippen molar-refractivity contribution < 1.29 is 13.2 Å². The lowest BCUT2D eigenvalue weighted by molar-refractivity contribution is 0.0967. The molecule has 1 fully saturated rings. The lowest BCUT2D eigenvalue weighted by Gasteiger charge is -2.08. The Morgan fingerprint density at radius 2 is 1.78 bits per heavy atom. The molecule has 138 valence electrons. The van der Waals surface area contributed by atoms with Gasteiger partial charge in [0.25, 0.3) is 5.56 Å². The number of para-hydroxylation sites is 1. The molecule has 1 heterocycles. The van der Waals surface area contributed by atoms with Crippen LogP contribution in [0.15, 0.2) is 64.3 Å². The summed E-state index contributed by atoms with van der Waals surface area (Å²) in [4.78, 5) is 27.0. The zero-order valence-corrected chi connectivity index (χ0v) is 15.3. The molecule has 6 nitrogen and oxygen atoms in total. The van der Waals surface area contributed by atoms with Gasteiger partial charge in [0, 0.05) is 29.1 Å². The van der Waals surface area contributed by atoms with Crippen molar-refractivity contribution in [2.24, 2.45) is 5.92 Å². The molecule has 7 heteroatoms. The highest BCUT2D eigenvalue weighted by molar-refractivity contribution is 7.89. The van der Waals surface area contributed by atoms with Crippen LogP contribution in [-0.2, 0) is 16.6 Å². The Balaban J connectivity index is 1.52. The molecule has 2 N–H and O–H groups in total. The first-order valence-electron chi connectivity index (χ1n) is 8.69. The van der Waals surface area contributed by atoms with Crippen LogP contribution in [0.5, 0.6) is 0 Å². The number of aromatic nitrogens is 1. The van der Waals surface area contributed by atoms with Gasteiger partial charge in [-0.3, -0.25) is 9.59 Å². The molecule has 1 saturated carbocycles. The Morgan fingerprint density at radius 3 is 2.48 bits per heavy atom. The van der Waals surface area contributed by atoms with Crippen LogP contribution in [0.1, 0.15) is 28.8 Å². The second-order valence-corrected chi connectivity index (χ2v) is 8.47. The van der Waals surface area contributed by atoms with Crippen LogP contribution < -0.4 is 10.3 Å². The second kappa shape index (κ2) is 6.75. The van der Waals surface area contributed by atoms with Gasteiger partial charge >= 0.3 is 0 Å². The van der Waals surface area contributed by atoms with Gasteiger partial charge in [0.05, 0.1) is 4.90 Å². The first-order valence-corrected chi connectivity index (χ1v) is 10.2. The molecule has 0 atom stereocenters. The normalized spacial score (nSPS) is 14.4. The molecule has 1 aromatic heterocycles. The molecule has 27 heavy (non-hydrogen) atoms. The lowest BCUT2D eigenvalue weighted by atomic mass is 10.1. The highest BCUT2D eigenvalue weighted by Crippen LogP contribution is 2.32. The molecule has 0 bridgehead atoms. The van der Waals surface area contributed by atoms with Gasteiger partial charge in [-0.2, -0.15) is 0 Å². The van der Waals surface area contributed by atoms with Crippen LogP contribution in [0.4, 0.5) is 0 Å². The summed E-state index contributed by atoms with van der Waals surface area (Å²) < 4.78 is 27.4. The van der Waals surface area contributed by atoms with Crippen molar-refractivity contribution >= 4 is 26.7 Å². The van der Waals surface area contributed by atoms with Crippen molar-refractivity contribution in [3.63, 3.8) is 0 Å². The predicted octanol–water partition coefficient (Wildman–Crippen LogP) is 2.60. The summed E-state index contributed by atoms with van der Waals surface area (Å²) in [6.07, 6.45) is 1.81. The molecule has 2 aromatic carbocycles. The van der Waals surface area contributed by atoms with E-state index in [9.17, 15) is 18.0 Å². The molecule has 0 saturated heterocycles. The van der Waals surface area contributed by atoms with Crippen LogP contribution in [0.25, 0.3) is 10.9 Å². The third kappa shape index (κ3) is 3.70. The van der Waals surface area contributed by atoms with E-state index < -0.39 is 10.0 Å². The number of carbonyl (C=O) groups excluding carboxylic acids is 1. The average Bonchev–Trinajstić information content (AvgIpc) is 3.51. The monoisotopic (exact) mass is 382 g/mol. The quantitative estimate of drug-likeness (QED) is 0.641. The van der Waals surface area contributed by atoms with Crippen LogP contribution in [0.3, 0.4) is 0 Å². The average molecular weight is 382 g/mol. The molecule has 0 radical (unpaired) electrons. The molecule has 0 aliphatic heterocycles. The van der Waals surface area contributed by atoms with Crippen LogP contribution in [-0.4, -0.2) is 19.2 Å². The number of hydrogen-bond donors (Lipinski definition) is 2. The van der Waals surface area contributed by atoms with Crippen molar-refractivity contribution in [2.75, 3.05) is 0 Å². The minimum Gasteiger partial charge on any atom is -0.322 e. The van der Waals surface area contributed by atoms with Crippen molar-refractivity contribution in [1.82, 2.24) is 9.71 Å². The number of carbonyl (C=O) groups is 1. The summed E-state index contributed by atoms with van der Waals surface area (Å²) in [6.45, 7) is -0.120. The van der Waals surface area contributed by atoms with Crippen molar-refractivity contribution in [2.45, 2.75) is 24.3 Å². The Morgan fingerprint density at radius 1 is 1.07 bits per heavy atom. The summed E-state index contributed by atoms with van der Waals surface area (Å²) in [5.41, 5.74) is 1.23. The Hall–Kier alpha value is -2.77. The van der Waals surface area contributed by atoms with Crippen molar-refractivity contribution in [1.29, 1.82) is 0 Å². The van der Waals surface area contributed by atoms with Gasteiger partial charge in [0.2, 0.25) is 10.0 Å². The first kappa shape index (κ1) is 17.6. The van der Waals surface area contributed by atoms with Crippen molar-refractivity contribution in [3.8, 4) is 0 Å². The smallest absolute Gasteiger partial charge is 0.252 e. The summed E-state index contributed by atoms with van der Waals surface area (Å²) in [6, 6.07) is 14.9. The summed E-state index contributed by atoms with van der Waals surface area (Å²) in [5.74, 6) is 0.153. The molecule has 0 amide bonds. The number of nitrogens with one attached hydrogen (secondary N) is 2. The first-order chi connectivity index (χ1) is 12.9. The topological polar surface area (TPSA) is 96.1 Å². The number of sulfonamides is 1. The molecular weight excluding hydrogens is 364 g/mol. The van der Waals surface area contributed by atoms with E-state index in [1.54, 1.807) is 12.1 Å². The minimum atomic E-state index is -3.79. The van der Waals surface area contributed by atoms with E-state index in [0.29, 0.717) is 16.6 Å². The highest BCUT2D eigenvalue weighted by atomic mass is 32.2. The number of ketones is 1. The fourth-order valence-electron chi connectivity index (χ4n) is 2.96. The number of H-pyrrole nitrogens is 1. The van der Waals surface area contributed by atoms with E-state index in [-0.39, 0.29) is 28.7 Å². The standard InChI is InChI=1S/C20H18N2O4S/c23-19(13-5-6-13)14-7-9-17(10-8-14)27(25,26)21-12-16-11-15-3-1-2-4-18(15)22-20(16)24/h1-4,7-11,13,21H,5-6,12H2,(H,22,24). The number of aromatic amines is 1. The van der Waals surface area contributed by atoms with Crippen LogP contribution in [0, 0.1) is 5.92 Å². The Labute approximate surface area is 156 Å². The lowest BCUT2D eigenvalue weighted by Crippen LogP contribution is -2.27. The number of Topliss-reactive ketones (excluding diaryl/α,β-unsaturated/α-hetero) is 1. The summed E-state index contributed by atoms with van der Waals surface area (Å²) >= 11 is 0. The molecule has 3 aromatic rings. The van der Waals surface area contributed by atoms with Crippen LogP contribution >= 0.6 is 0 Å². The number of benzene rings is 2. The van der Waals surface area contributed by atoms with Gasteiger partial charge in [-0.1, -0.05) is 30.3 Å². The van der Waals surface area contributed by atoms with Gasteiger partial charge in [-0.05, 0) is 42.5 Å². The molecule has 1 aliphatic rings. The molecular formula is C20H18N2O4S. The molecule has 0 spiro atoms. The predicted molar refractivity (Wildman–Crippen MR) is 102 cm³/mol. The number of pyridine rings is 1. The fourth-order valence-corrected chi connectivity index (χ4v) is 3.97. The van der Waals surface area contributed by atoms with Gasteiger partial charge < -0.3 is 4.98 Å². The number of rotatable bonds is 6. The van der Waals surface area contributed by atoms with Gasteiger partial charge in [0.15, 0.2) is 5.78 Å². The van der Waals surface area contributed by atoms with Gasteiger partial charge in [-0.25, -0.2) is 13.1 Å². The van der Waals surface area contributed by atoms with Crippen molar-refractivity contribution in [3.05, 3.63) is 76.1 Å². The third-order valence-electron chi connectivity index (χ3n) is 4.68. The van der Waals surface area contributed by atoms with E-state index in [1.165, 1.54) is 24.3 Å². The zero-order valence-electron chi connectivity index (χ0n) is 14.4. The maximum absolute atomic E-state index is 12.5.